The first-order valence-corrected chi connectivity index (χ1v) is 7.22. The lowest BCUT2D eigenvalue weighted by Gasteiger charge is -2.06. The SMILES string of the molecule is Cc1ccc(/C=C(/C#N)C(=O)Nc2ccc([N+](=O)[O-])cc2Cl)cc1. The van der Waals surface area contributed by atoms with Crippen molar-refractivity contribution in [3.05, 3.63) is 74.3 Å². The highest BCUT2D eigenvalue weighted by molar-refractivity contribution is 6.34. The molecule has 0 aliphatic rings. The lowest BCUT2D eigenvalue weighted by atomic mass is 10.1. The summed E-state index contributed by atoms with van der Waals surface area (Å²) in [4.78, 5) is 22.3. The summed E-state index contributed by atoms with van der Waals surface area (Å²) in [5, 5.41) is 22.3. The van der Waals surface area contributed by atoms with Crippen LogP contribution in [0.15, 0.2) is 48.0 Å². The second kappa shape index (κ2) is 7.40. The molecule has 0 fully saturated rings. The van der Waals surface area contributed by atoms with Crippen molar-refractivity contribution in [3.8, 4) is 6.07 Å². The number of carbonyl (C=O) groups excluding carboxylic acids is 1. The van der Waals surface area contributed by atoms with E-state index in [4.69, 9.17) is 11.6 Å². The monoisotopic (exact) mass is 341 g/mol. The van der Waals surface area contributed by atoms with Crippen molar-refractivity contribution in [1.29, 1.82) is 5.26 Å². The van der Waals surface area contributed by atoms with Crippen molar-refractivity contribution >= 4 is 35.0 Å². The maximum Gasteiger partial charge on any atom is 0.271 e. The highest BCUT2D eigenvalue weighted by Gasteiger charge is 2.14. The van der Waals surface area contributed by atoms with Crippen molar-refractivity contribution in [1.82, 2.24) is 0 Å². The van der Waals surface area contributed by atoms with Crippen LogP contribution in [0.25, 0.3) is 6.08 Å². The number of halogens is 1. The van der Waals surface area contributed by atoms with Gasteiger partial charge >= 0.3 is 0 Å². The fourth-order valence-electron chi connectivity index (χ4n) is 1.89. The molecule has 120 valence electrons. The van der Waals surface area contributed by atoms with E-state index in [0.717, 1.165) is 11.6 Å². The largest absolute Gasteiger partial charge is 0.320 e. The molecular weight excluding hydrogens is 330 g/mol. The van der Waals surface area contributed by atoms with Crippen molar-refractivity contribution < 1.29 is 9.72 Å². The second-order valence-corrected chi connectivity index (χ2v) is 5.36. The van der Waals surface area contributed by atoms with Crippen LogP contribution < -0.4 is 5.32 Å². The summed E-state index contributed by atoms with van der Waals surface area (Å²) in [6.07, 6.45) is 1.45. The van der Waals surface area contributed by atoms with E-state index >= 15 is 0 Å². The predicted molar refractivity (Wildman–Crippen MR) is 91.5 cm³/mol. The number of carbonyl (C=O) groups is 1. The highest BCUT2D eigenvalue weighted by atomic mass is 35.5. The molecule has 2 aromatic rings. The minimum atomic E-state index is -0.645. The Hall–Kier alpha value is -3.17. The minimum Gasteiger partial charge on any atom is -0.320 e. The third-order valence-electron chi connectivity index (χ3n) is 3.17. The van der Waals surface area contributed by atoms with Gasteiger partial charge in [-0.25, -0.2) is 0 Å². The summed E-state index contributed by atoms with van der Waals surface area (Å²) in [7, 11) is 0. The van der Waals surface area contributed by atoms with Gasteiger partial charge in [0.05, 0.1) is 15.6 Å². The Morgan fingerprint density at radius 1 is 1.29 bits per heavy atom. The Labute approximate surface area is 143 Å². The van der Waals surface area contributed by atoms with Gasteiger partial charge in [0, 0.05) is 12.1 Å². The minimum absolute atomic E-state index is 0.0187. The maximum atomic E-state index is 12.2. The van der Waals surface area contributed by atoms with Gasteiger partial charge in [-0.05, 0) is 24.6 Å². The standard InChI is InChI=1S/C17H12ClN3O3/c1-11-2-4-12(5-3-11)8-13(10-19)17(22)20-16-7-6-14(21(23)24)9-15(16)18/h2-9H,1H3,(H,20,22)/b13-8-. The number of non-ortho nitro benzene ring substituents is 1. The van der Waals surface area contributed by atoms with Gasteiger partial charge in [-0.1, -0.05) is 41.4 Å². The number of amides is 1. The van der Waals surface area contributed by atoms with Gasteiger partial charge < -0.3 is 5.32 Å². The number of anilines is 1. The molecule has 1 amide bonds. The van der Waals surface area contributed by atoms with E-state index < -0.39 is 10.8 Å². The molecule has 0 aliphatic heterocycles. The van der Waals surface area contributed by atoms with Gasteiger partial charge in [0.15, 0.2) is 0 Å². The lowest BCUT2D eigenvalue weighted by molar-refractivity contribution is -0.384. The molecule has 1 N–H and O–H groups in total. The van der Waals surface area contributed by atoms with Crippen LogP contribution in [0.3, 0.4) is 0 Å². The molecule has 0 aromatic heterocycles. The van der Waals surface area contributed by atoms with Gasteiger partial charge in [0.25, 0.3) is 11.6 Å². The number of benzene rings is 2. The Balaban J connectivity index is 2.22. The lowest BCUT2D eigenvalue weighted by Crippen LogP contribution is -2.13. The number of rotatable bonds is 4. The van der Waals surface area contributed by atoms with Crippen LogP contribution in [0.2, 0.25) is 5.02 Å². The quantitative estimate of drug-likeness (QED) is 0.392. The molecule has 0 unspecified atom stereocenters. The Morgan fingerprint density at radius 2 is 1.96 bits per heavy atom. The first-order chi connectivity index (χ1) is 11.4. The molecule has 7 heteroatoms. The number of hydrogen-bond acceptors (Lipinski definition) is 4. The fourth-order valence-corrected chi connectivity index (χ4v) is 2.11. The number of hydrogen-bond donors (Lipinski definition) is 1. The van der Waals surface area contributed by atoms with E-state index in [1.165, 1.54) is 18.2 Å². The zero-order valence-electron chi connectivity index (χ0n) is 12.6. The number of nitro groups is 1. The Morgan fingerprint density at radius 3 is 2.50 bits per heavy atom. The molecule has 0 aliphatic carbocycles. The van der Waals surface area contributed by atoms with E-state index in [0.29, 0.717) is 5.56 Å². The maximum absolute atomic E-state index is 12.2. The molecule has 0 heterocycles. The van der Waals surface area contributed by atoms with Crippen LogP contribution in [-0.4, -0.2) is 10.8 Å². The van der Waals surface area contributed by atoms with Crippen LogP contribution >= 0.6 is 11.6 Å². The molecule has 2 aromatic carbocycles. The normalized spacial score (nSPS) is 10.8. The first kappa shape index (κ1) is 17.2. The average molecular weight is 342 g/mol. The van der Waals surface area contributed by atoms with Crippen LogP contribution in [0, 0.1) is 28.4 Å². The predicted octanol–water partition coefficient (Wildman–Crippen LogP) is 4.10. The molecule has 24 heavy (non-hydrogen) atoms. The highest BCUT2D eigenvalue weighted by Crippen LogP contribution is 2.27. The van der Waals surface area contributed by atoms with Crippen molar-refractivity contribution in [2.45, 2.75) is 6.92 Å². The van der Waals surface area contributed by atoms with Crippen molar-refractivity contribution in [2.75, 3.05) is 5.32 Å². The third-order valence-corrected chi connectivity index (χ3v) is 3.48. The van der Waals surface area contributed by atoms with E-state index in [9.17, 15) is 20.2 Å². The number of aryl methyl sites for hydroxylation is 1. The zero-order chi connectivity index (χ0) is 17.7. The van der Waals surface area contributed by atoms with E-state index in [2.05, 4.69) is 5.32 Å². The summed E-state index contributed by atoms with van der Waals surface area (Å²) in [6.45, 7) is 1.93. The topological polar surface area (TPSA) is 96.0 Å². The van der Waals surface area contributed by atoms with E-state index in [-0.39, 0.29) is 22.0 Å². The number of nitrogens with zero attached hydrogens (tertiary/aromatic N) is 2. The number of nitrogens with one attached hydrogen (secondary N) is 1. The number of nitriles is 1. The molecule has 2 rings (SSSR count). The van der Waals surface area contributed by atoms with Gasteiger partial charge in [-0.15, -0.1) is 0 Å². The van der Waals surface area contributed by atoms with E-state index in [1.807, 2.05) is 25.1 Å². The number of nitro benzene ring substituents is 1. The molecule has 0 bridgehead atoms. The molecule has 0 saturated carbocycles. The van der Waals surface area contributed by atoms with Gasteiger partial charge in [-0.3, -0.25) is 14.9 Å². The fraction of sp³-hybridized carbons (Fsp3) is 0.0588. The van der Waals surface area contributed by atoms with Crippen LogP contribution in [0.5, 0.6) is 0 Å². The molecule has 6 nitrogen and oxygen atoms in total. The summed E-state index contributed by atoms with van der Waals surface area (Å²) in [6, 6.07) is 12.8. The smallest absolute Gasteiger partial charge is 0.271 e. The van der Waals surface area contributed by atoms with Gasteiger partial charge in [-0.2, -0.15) is 5.26 Å². The molecular formula is C17H12ClN3O3. The summed E-state index contributed by atoms with van der Waals surface area (Å²) < 4.78 is 0. The van der Waals surface area contributed by atoms with Crippen LogP contribution in [0.1, 0.15) is 11.1 Å². The van der Waals surface area contributed by atoms with Crippen LogP contribution in [-0.2, 0) is 4.79 Å². The second-order valence-electron chi connectivity index (χ2n) is 4.96. The average Bonchev–Trinajstić information content (AvgIpc) is 2.55. The first-order valence-electron chi connectivity index (χ1n) is 6.84. The third kappa shape index (κ3) is 4.18. The molecule has 0 radical (unpaired) electrons. The molecule has 0 atom stereocenters. The van der Waals surface area contributed by atoms with Gasteiger partial charge in [0.1, 0.15) is 11.6 Å². The van der Waals surface area contributed by atoms with Gasteiger partial charge in [0.2, 0.25) is 0 Å². The Bertz CT molecular complexity index is 868. The summed E-state index contributed by atoms with van der Waals surface area (Å²) >= 11 is 5.92. The summed E-state index contributed by atoms with van der Waals surface area (Å²) in [5.74, 6) is -0.645. The molecule has 0 spiro atoms. The summed E-state index contributed by atoms with van der Waals surface area (Å²) in [5.41, 5.74) is 1.68. The Kier molecular flexibility index (Phi) is 5.30. The van der Waals surface area contributed by atoms with Crippen molar-refractivity contribution in [3.63, 3.8) is 0 Å². The molecule has 0 saturated heterocycles. The van der Waals surface area contributed by atoms with E-state index in [1.54, 1.807) is 12.1 Å². The van der Waals surface area contributed by atoms with Crippen molar-refractivity contribution in [2.24, 2.45) is 0 Å². The zero-order valence-corrected chi connectivity index (χ0v) is 13.4. The van der Waals surface area contributed by atoms with Crippen LogP contribution in [0.4, 0.5) is 11.4 Å².